The van der Waals surface area contributed by atoms with Crippen molar-refractivity contribution in [2.45, 2.75) is 46.1 Å². The summed E-state index contributed by atoms with van der Waals surface area (Å²) >= 11 is 0. The van der Waals surface area contributed by atoms with Gasteiger partial charge in [0.25, 0.3) is 0 Å². The number of piperidine rings is 1. The first-order chi connectivity index (χ1) is 11.2. The van der Waals surface area contributed by atoms with E-state index in [-0.39, 0.29) is 0 Å². The molecule has 0 amide bonds. The summed E-state index contributed by atoms with van der Waals surface area (Å²) in [4.78, 5) is 2.70. The molecule has 122 valence electrons. The van der Waals surface area contributed by atoms with Crippen LogP contribution in [0.25, 0.3) is 11.0 Å². The molecular formula is C21H27NO. The van der Waals surface area contributed by atoms with Gasteiger partial charge in [-0.3, -0.25) is 4.90 Å². The van der Waals surface area contributed by atoms with Gasteiger partial charge in [-0.1, -0.05) is 25.5 Å². The lowest BCUT2D eigenvalue weighted by molar-refractivity contribution is 0.0826. The Balaban J connectivity index is 1.51. The van der Waals surface area contributed by atoms with Gasteiger partial charge in [0.2, 0.25) is 0 Å². The minimum atomic E-state index is 0.659. The van der Waals surface area contributed by atoms with Crippen LogP contribution in [0.3, 0.4) is 0 Å². The van der Waals surface area contributed by atoms with Crippen molar-refractivity contribution in [1.29, 1.82) is 0 Å². The molecule has 3 atom stereocenters. The largest absolute Gasteiger partial charge is 0.464 e. The van der Waals surface area contributed by atoms with Gasteiger partial charge < -0.3 is 4.42 Å². The zero-order valence-electron chi connectivity index (χ0n) is 14.5. The van der Waals surface area contributed by atoms with Gasteiger partial charge in [-0.15, -0.1) is 0 Å². The molecule has 3 unspecified atom stereocenters. The van der Waals surface area contributed by atoms with Crippen LogP contribution in [0.1, 0.15) is 36.5 Å². The minimum Gasteiger partial charge on any atom is -0.464 e. The monoisotopic (exact) mass is 309 g/mol. The third kappa shape index (κ3) is 2.63. The van der Waals surface area contributed by atoms with Gasteiger partial charge in [0.1, 0.15) is 5.58 Å². The van der Waals surface area contributed by atoms with E-state index < -0.39 is 0 Å². The van der Waals surface area contributed by atoms with Crippen LogP contribution in [0, 0.1) is 25.7 Å². The lowest BCUT2D eigenvalue weighted by Crippen LogP contribution is -2.50. The molecule has 0 spiro atoms. The molecule has 1 fully saturated rings. The number of rotatable bonds is 4. The Morgan fingerprint density at radius 2 is 2.00 bits per heavy atom. The zero-order valence-corrected chi connectivity index (χ0v) is 14.5. The Bertz CT molecular complexity index is 742. The highest BCUT2D eigenvalue weighted by Crippen LogP contribution is 2.36. The van der Waals surface area contributed by atoms with E-state index in [4.69, 9.17) is 4.42 Å². The van der Waals surface area contributed by atoms with Crippen LogP contribution in [0.2, 0.25) is 0 Å². The van der Waals surface area contributed by atoms with Crippen LogP contribution >= 0.6 is 0 Å². The summed E-state index contributed by atoms with van der Waals surface area (Å²) in [5.41, 5.74) is 5.06. The Labute approximate surface area is 139 Å². The zero-order chi connectivity index (χ0) is 16.0. The molecule has 2 bridgehead atoms. The molecule has 2 nitrogen and oxygen atoms in total. The fourth-order valence-electron chi connectivity index (χ4n) is 4.46. The van der Waals surface area contributed by atoms with Crippen molar-refractivity contribution in [1.82, 2.24) is 4.90 Å². The predicted molar refractivity (Wildman–Crippen MR) is 95.8 cm³/mol. The molecule has 2 aliphatic heterocycles. The lowest BCUT2D eigenvalue weighted by atomic mass is 9.76. The van der Waals surface area contributed by atoms with Crippen molar-refractivity contribution in [2.24, 2.45) is 11.8 Å². The molecule has 1 aliphatic carbocycles. The molecule has 23 heavy (non-hydrogen) atoms. The number of hydrogen-bond acceptors (Lipinski definition) is 2. The fourth-order valence-corrected chi connectivity index (χ4v) is 4.46. The molecule has 3 heterocycles. The Morgan fingerprint density at radius 3 is 2.78 bits per heavy atom. The average molecular weight is 309 g/mol. The van der Waals surface area contributed by atoms with E-state index in [9.17, 15) is 0 Å². The van der Waals surface area contributed by atoms with Crippen LogP contribution in [0.15, 0.2) is 35.0 Å². The Kier molecular flexibility index (Phi) is 3.81. The molecule has 5 rings (SSSR count). The van der Waals surface area contributed by atoms with Crippen LogP contribution in [-0.2, 0) is 6.42 Å². The van der Waals surface area contributed by atoms with E-state index in [0.29, 0.717) is 6.04 Å². The quantitative estimate of drug-likeness (QED) is 0.749. The molecule has 3 aliphatic rings. The van der Waals surface area contributed by atoms with Crippen molar-refractivity contribution < 1.29 is 4.42 Å². The van der Waals surface area contributed by atoms with Crippen LogP contribution < -0.4 is 0 Å². The average Bonchev–Trinajstić information content (AvgIpc) is 2.95. The molecule has 0 radical (unpaired) electrons. The maximum absolute atomic E-state index is 5.80. The van der Waals surface area contributed by atoms with E-state index >= 15 is 0 Å². The predicted octanol–water partition coefficient (Wildman–Crippen LogP) is 4.88. The summed E-state index contributed by atoms with van der Waals surface area (Å²) in [7, 11) is 0. The lowest BCUT2D eigenvalue weighted by Gasteiger charge is -2.46. The van der Waals surface area contributed by atoms with E-state index in [1.54, 1.807) is 0 Å². The highest BCUT2D eigenvalue weighted by Gasteiger charge is 2.35. The molecule has 2 heteroatoms. The number of nitrogens with zero attached hydrogens (tertiary/aromatic N) is 1. The first-order valence-electron chi connectivity index (χ1n) is 9.05. The van der Waals surface area contributed by atoms with Gasteiger partial charge >= 0.3 is 0 Å². The molecule has 1 aromatic heterocycles. The van der Waals surface area contributed by atoms with Crippen LogP contribution in [0.4, 0.5) is 0 Å². The molecule has 0 N–H and O–H groups in total. The number of furan rings is 1. The van der Waals surface area contributed by atoms with Gasteiger partial charge in [-0.05, 0) is 67.3 Å². The SMILES string of the molecule is CCC1CC2C=CC1N(CCc1coc3cc(C)c(C)cc13)C2. The topological polar surface area (TPSA) is 16.4 Å². The maximum Gasteiger partial charge on any atom is 0.134 e. The number of hydrogen-bond donors (Lipinski definition) is 0. The minimum absolute atomic E-state index is 0.659. The van der Waals surface area contributed by atoms with E-state index in [1.165, 1.54) is 41.5 Å². The summed E-state index contributed by atoms with van der Waals surface area (Å²) in [6.45, 7) is 9.06. The van der Waals surface area contributed by atoms with Crippen molar-refractivity contribution >= 4 is 11.0 Å². The van der Waals surface area contributed by atoms with E-state index in [1.807, 2.05) is 6.26 Å². The van der Waals surface area contributed by atoms with E-state index in [0.717, 1.165) is 30.4 Å². The summed E-state index contributed by atoms with van der Waals surface area (Å²) in [6, 6.07) is 5.13. The normalized spacial score (nSPS) is 27.2. The second kappa shape index (κ2) is 5.83. The smallest absolute Gasteiger partial charge is 0.134 e. The third-order valence-electron chi connectivity index (χ3n) is 6.02. The Morgan fingerprint density at radius 1 is 1.17 bits per heavy atom. The van der Waals surface area contributed by atoms with Gasteiger partial charge in [0.05, 0.1) is 6.26 Å². The van der Waals surface area contributed by atoms with Crippen LogP contribution in [0.5, 0.6) is 0 Å². The first-order valence-corrected chi connectivity index (χ1v) is 9.05. The third-order valence-corrected chi connectivity index (χ3v) is 6.02. The van der Waals surface area contributed by atoms with Gasteiger partial charge in [-0.25, -0.2) is 0 Å². The second-order valence-corrected chi connectivity index (χ2v) is 7.48. The highest BCUT2D eigenvalue weighted by atomic mass is 16.3. The fraction of sp³-hybridized carbons (Fsp3) is 0.524. The van der Waals surface area contributed by atoms with Gasteiger partial charge in [0, 0.05) is 24.5 Å². The van der Waals surface area contributed by atoms with Gasteiger partial charge in [0.15, 0.2) is 0 Å². The maximum atomic E-state index is 5.80. The first kappa shape index (κ1) is 15.0. The summed E-state index contributed by atoms with van der Waals surface area (Å²) < 4.78 is 5.80. The standard InChI is InChI=1S/C21H27NO/c1-4-17-11-16-5-6-20(17)22(12-16)8-7-18-13-23-21-10-15(3)14(2)9-19(18)21/h5-6,9-10,13,16-17,20H,4,7-8,11-12H2,1-3H3. The number of benzene rings is 1. The molecular weight excluding hydrogens is 282 g/mol. The molecule has 1 saturated heterocycles. The van der Waals surface area contributed by atoms with Crippen molar-refractivity contribution in [2.75, 3.05) is 13.1 Å². The number of aryl methyl sites for hydroxylation is 2. The van der Waals surface area contributed by atoms with Crippen molar-refractivity contribution in [3.05, 3.63) is 47.2 Å². The molecule has 0 saturated carbocycles. The summed E-state index contributed by atoms with van der Waals surface area (Å²) in [5.74, 6) is 1.63. The van der Waals surface area contributed by atoms with Crippen molar-refractivity contribution in [3.8, 4) is 0 Å². The second-order valence-electron chi connectivity index (χ2n) is 7.48. The van der Waals surface area contributed by atoms with Gasteiger partial charge in [-0.2, -0.15) is 0 Å². The van der Waals surface area contributed by atoms with Crippen LogP contribution in [-0.4, -0.2) is 24.0 Å². The highest BCUT2D eigenvalue weighted by molar-refractivity contribution is 5.82. The molecule has 1 aromatic carbocycles. The van der Waals surface area contributed by atoms with Crippen molar-refractivity contribution in [3.63, 3.8) is 0 Å². The number of fused-ring (bicyclic) bond motifs is 3. The summed E-state index contributed by atoms with van der Waals surface area (Å²) in [6.07, 6.45) is 10.7. The summed E-state index contributed by atoms with van der Waals surface area (Å²) in [5, 5.41) is 1.30. The molecule has 2 aromatic rings. The Hall–Kier alpha value is -1.54. The van der Waals surface area contributed by atoms with E-state index in [2.05, 4.69) is 50.0 Å².